The van der Waals surface area contributed by atoms with Crippen molar-refractivity contribution in [3.05, 3.63) is 93.5 Å². The summed E-state index contributed by atoms with van der Waals surface area (Å²) in [5, 5.41) is 16.5. The molecule has 4 aliphatic rings. The van der Waals surface area contributed by atoms with E-state index in [0.29, 0.717) is 18.7 Å². The van der Waals surface area contributed by atoms with Crippen LogP contribution in [0.4, 0.5) is 11.4 Å². The number of aliphatic hydroxyl groups is 1. The molecule has 7 rings (SSSR count). The summed E-state index contributed by atoms with van der Waals surface area (Å²) in [4.78, 5) is 56.8. The highest BCUT2D eigenvalue weighted by molar-refractivity contribution is 9.10. The highest BCUT2D eigenvalue weighted by atomic mass is 79.9. The Morgan fingerprint density at radius 3 is 2.52 bits per heavy atom. The zero-order valence-corrected chi connectivity index (χ0v) is 31.3. The van der Waals surface area contributed by atoms with Gasteiger partial charge in [0.15, 0.2) is 13.9 Å². The quantitative estimate of drug-likeness (QED) is 0.242. The highest BCUT2D eigenvalue weighted by Gasteiger charge is 2.66. The molecule has 10 nitrogen and oxygen atoms in total. The molecule has 264 valence electrons. The topological polar surface area (TPSA) is 131 Å². The summed E-state index contributed by atoms with van der Waals surface area (Å²) in [6.45, 7) is 7.03. The maximum Gasteiger partial charge on any atom is 0.264 e. The van der Waals surface area contributed by atoms with Crippen molar-refractivity contribution in [2.45, 2.75) is 88.1 Å². The third kappa shape index (κ3) is 6.24. The van der Waals surface area contributed by atoms with Crippen LogP contribution in [0.1, 0.15) is 48.4 Å². The normalized spacial score (nSPS) is 27.5. The molecule has 0 bridgehead atoms. The van der Waals surface area contributed by atoms with Crippen molar-refractivity contribution in [2.75, 3.05) is 23.4 Å². The molecule has 1 spiro atoms. The number of carbonyl (C=O) groups excluding carboxylic acids is 3. The van der Waals surface area contributed by atoms with Crippen LogP contribution in [0.15, 0.2) is 71.2 Å². The van der Waals surface area contributed by atoms with Gasteiger partial charge in [-0.1, -0.05) is 59.3 Å². The van der Waals surface area contributed by atoms with Gasteiger partial charge < -0.3 is 35.1 Å². The lowest BCUT2D eigenvalue weighted by Crippen LogP contribution is -2.48. The van der Waals surface area contributed by atoms with Crippen LogP contribution in [0, 0.1) is 5.92 Å². The molecule has 0 aliphatic carbocycles. The molecular weight excluding hydrogens is 716 g/mol. The van der Waals surface area contributed by atoms with Gasteiger partial charge in [-0.05, 0) is 85.9 Å². The van der Waals surface area contributed by atoms with Crippen molar-refractivity contribution in [2.24, 2.45) is 5.92 Å². The van der Waals surface area contributed by atoms with Crippen molar-refractivity contribution in [3.63, 3.8) is 0 Å². The second kappa shape index (κ2) is 13.6. The second-order valence-corrected chi connectivity index (χ2v) is 19.7. The molecule has 4 aliphatic heterocycles. The molecule has 12 heteroatoms. The van der Waals surface area contributed by atoms with Crippen LogP contribution < -0.4 is 15.5 Å². The molecule has 0 unspecified atom stereocenters. The zero-order valence-electron chi connectivity index (χ0n) is 28.7. The van der Waals surface area contributed by atoms with Crippen molar-refractivity contribution in [1.29, 1.82) is 0 Å². The zero-order chi connectivity index (χ0) is 35.4. The van der Waals surface area contributed by atoms with Crippen molar-refractivity contribution in [1.82, 2.24) is 10.2 Å². The molecular formula is C38H45BrN4O6Si. The number of halogens is 1. The molecule has 3 aromatic carbocycles. The first-order valence-electron chi connectivity index (χ1n) is 17.5. The van der Waals surface area contributed by atoms with Crippen LogP contribution in [0.5, 0.6) is 0 Å². The summed E-state index contributed by atoms with van der Waals surface area (Å²) in [6.07, 6.45) is 1.66. The third-order valence-corrected chi connectivity index (χ3v) is 14.1. The molecule has 3 aromatic rings. The van der Waals surface area contributed by atoms with Gasteiger partial charge in [0, 0.05) is 33.7 Å². The van der Waals surface area contributed by atoms with E-state index in [1.807, 2.05) is 86.7 Å². The van der Waals surface area contributed by atoms with Crippen LogP contribution in [0.3, 0.4) is 0 Å². The van der Waals surface area contributed by atoms with Crippen molar-refractivity contribution >= 4 is 53.3 Å². The fourth-order valence-electron chi connectivity index (χ4n) is 8.75. The first-order chi connectivity index (χ1) is 23.9. The average molecular weight is 762 g/mol. The maximum absolute atomic E-state index is 14.8. The summed E-state index contributed by atoms with van der Waals surface area (Å²) < 4.78 is 7.73. The van der Waals surface area contributed by atoms with Crippen molar-refractivity contribution in [3.8, 4) is 0 Å². The Bertz CT molecular complexity index is 1790. The number of fused-ring (bicyclic) bond motifs is 3. The van der Waals surface area contributed by atoms with Gasteiger partial charge in [0.25, 0.3) is 5.91 Å². The molecule has 50 heavy (non-hydrogen) atoms. The van der Waals surface area contributed by atoms with E-state index in [1.165, 1.54) is 0 Å². The summed E-state index contributed by atoms with van der Waals surface area (Å²) >= 11 is 3.61. The summed E-state index contributed by atoms with van der Waals surface area (Å²) in [5.74, 6) is -0.853. The van der Waals surface area contributed by atoms with Gasteiger partial charge in [-0.3, -0.25) is 14.4 Å². The Hall–Kier alpha value is -3.39. The molecule has 4 heterocycles. The second-order valence-electron chi connectivity index (χ2n) is 14.8. The summed E-state index contributed by atoms with van der Waals surface area (Å²) in [5.41, 5.74) is 3.40. The first kappa shape index (κ1) is 35.0. The van der Waals surface area contributed by atoms with Crippen LogP contribution in [0.2, 0.25) is 18.6 Å². The molecule has 6 atom stereocenters. The number of hydrogen-bond donors (Lipinski definition) is 4. The molecule has 2 saturated heterocycles. The van der Waals surface area contributed by atoms with Gasteiger partial charge in [-0.25, -0.2) is 0 Å². The smallest absolute Gasteiger partial charge is 0.264 e. The number of benzene rings is 3. The maximum atomic E-state index is 14.8. The lowest BCUT2D eigenvalue weighted by molar-refractivity contribution is -0.151. The number of amides is 3. The number of nitrogens with zero attached hydrogens (tertiary/aromatic N) is 2. The molecule has 0 radical (unpaired) electrons. The van der Waals surface area contributed by atoms with Gasteiger partial charge in [0.05, 0.1) is 43.4 Å². The molecule has 0 saturated carbocycles. The lowest BCUT2D eigenvalue weighted by Gasteiger charge is -2.37. The van der Waals surface area contributed by atoms with Crippen LogP contribution in [-0.2, 0) is 44.2 Å². The number of aliphatic hydroxyl groups excluding tert-OH is 1. The van der Waals surface area contributed by atoms with Gasteiger partial charge in [0.1, 0.15) is 0 Å². The van der Waals surface area contributed by atoms with Crippen LogP contribution in [0.25, 0.3) is 0 Å². The lowest BCUT2D eigenvalue weighted by atomic mass is 9.82. The van der Waals surface area contributed by atoms with E-state index >= 15 is 0 Å². The number of hydrogen-bond acceptors (Lipinski definition) is 7. The van der Waals surface area contributed by atoms with E-state index in [1.54, 1.807) is 9.80 Å². The highest BCUT2D eigenvalue weighted by Crippen LogP contribution is 2.60. The van der Waals surface area contributed by atoms with E-state index in [4.69, 9.17) is 4.74 Å². The Balaban J connectivity index is 1.16. The number of rotatable bonds is 8. The Morgan fingerprint density at radius 2 is 1.84 bits per heavy atom. The van der Waals surface area contributed by atoms with Crippen LogP contribution in [-0.4, -0.2) is 72.2 Å². The van der Waals surface area contributed by atoms with E-state index in [-0.39, 0.29) is 49.4 Å². The standard InChI is InChI=1S/C38H45BrN4O6Si/c1-23-35(50(2,3)48)33(19-34(45)42-21-26-8-5-4-7-25(26)17-29(42)22-44)49-38(23)30-18-27(39)12-15-32(30)43(37(38)47)20-24-10-13-28(14-11-24)41-36(46)31-9-6-16-40-31/h4-5,7-8,10-15,18,23,29,31,33,35,40,44,48H,6,9,16-17,19-22H2,1-3H3,(H,41,46)/t23-,29-,31+,33+,35-,38+/m0/s1. The van der Waals surface area contributed by atoms with E-state index in [2.05, 4.69) is 26.6 Å². The predicted octanol–water partition coefficient (Wildman–Crippen LogP) is 4.82. The van der Waals surface area contributed by atoms with Gasteiger partial charge in [0.2, 0.25) is 11.8 Å². The molecule has 2 fully saturated rings. The van der Waals surface area contributed by atoms with Gasteiger partial charge >= 0.3 is 0 Å². The van der Waals surface area contributed by atoms with E-state index in [9.17, 15) is 24.3 Å². The van der Waals surface area contributed by atoms with Gasteiger partial charge in [-0.2, -0.15) is 0 Å². The fraction of sp³-hybridized carbons (Fsp3) is 0.447. The largest absolute Gasteiger partial charge is 0.432 e. The monoisotopic (exact) mass is 760 g/mol. The summed E-state index contributed by atoms with van der Waals surface area (Å²) in [7, 11) is -3.00. The van der Waals surface area contributed by atoms with Gasteiger partial charge in [-0.15, -0.1) is 0 Å². The average Bonchev–Trinajstić information content (AvgIpc) is 3.79. The number of carbonyl (C=O) groups is 3. The van der Waals surface area contributed by atoms with Crippen LogP contribution >= 0.6 is 15.9 Å². The Morgan fingerprint density at radius 1 is 1.10 bits per heavy atom. The Labute approximate surface area is 302 Å². The fourth-order valence-corrected chi connectivity index (χ4v) is 11.7. The number of anilines is 2. The first-order valence-corrected chi connectivity index (χ1v) is 21.3. The predicted molar refractivity (Wildman–Crippen MR) is 197 cm³/mol. The minimum Gasteiger partial charge on any atom is -0.432 e. The molecule has 3 amide bonds. The SMILES string of the molecule is C[C@H]1[C@H]([Si](C)(C)O)[C@@H](CC(=O)N2Cc3ccccc3C[C@H]2CO)O[C@]12C(=O)N(Cc1ccc(NC(=O)[C@H]3CCCN3)cc1)c1ccc(Br)cc12. The summed E-state index contributed by atoms with van der Waals surface area (Å²) in [6, 6.07) is 20.7. The Kier molecular flexibility index (Phi) is 9.55. The number of nitrogens with one attached hydrogen (secondary N) is 2. The molecule has 0 aromatic heterocycles. The third-order valence-electron chi connectivity index (χ3n) is 11.1. The minimum atomic E-state index is -3.00. The van der Waals surface area contributed by atoms with Crippen molar-refractivity contribution < 1.29 is 29.0 Å². The minimum absolute atomic E-state index is 0.00735. The van der Waals surface area contributed by atoms with E-state index in [0.717, 1.165) is 51.8 Å². The number of ether oxygens (including phenoxy) is 1. The van der Waals surface area contributed by atoms with E-state index < -0.39 is 31.5 Å². The molecule has 4 N–H and O–H groups in total.